The maximum Gasteiger partial charge on any atom is 0.339 e. The first-order chi connectivity index (χ1) is 9.76. The highest BCUT2D eigenvalue weighted by Gasteiger charge is 2.22. The van der Waals surface area contributed by atoms with Gasteiger partial charge in [0.25, 0.3) is 0 Å². The molecule has 0 unspecified atom stereocenters. The van der Waals surface area contributed by atoms with Crippen molar-refractivity contribution in [3.8, 4) is 0 Å². The molecule has 0 spiro atoms. The number of ether oxygens (including phenoxy) is 1. The molecule has 1 aromatic rings. The number of hydrogen-bond donors (Lipinski definition) is 1. The van der Waals surface area contributed by atoms with Gasteiger partial charge < -0.3 is 15.0 Å². The first-order valence-corrected chi connectivity index (χ1v) is 7.42. The van der Waals surface area contributed by atoms with Crippen LogP contribution < -0.4 is 10.2 Å². The van der Waals surface area contributed by atoms with E-state index in [4.69, 9.17) is 4.74 Å². The number of nitrogens with one attached hydrogen (secondary N) is 1. The lowest BCUT2D eigenvalue weighted by atomic mass is 10.1. The van der Waals surface area contributed by atoms with Crippen LogP contribution in [0.2, 0.25) is 0 Å². The highest BCUT2D eigenvalue weighted by Crippen LogP contribution is 2.23. The number of esters is 1. The van der Waals surface area contributed by atoms with Gasteiger partial charge in [0.2, 0.25) is 0 Å². The largest absolute Gasteiger partial charge is 0.465 e. The van der Waals surface area contributed by atoms with E-state index >= 15 is 0 Å². The van der Waals surface area contributed by atoms with E-state index in [1.165, 1.54) is 26.4 Å². The first kappa shape index (κ1) is 14.9. The van der Waals surface area contributed by atoms with Gasteiger partial charge in [0.1, 0.15) is 0 Å². The number of para-hydroxylation sites is 1. The highest BCUT2D eigenvalue weighted by atomic mass is 16.5. The summed E-state index contributed by atoms with van der Waals surface area (Å²) in [5.41, 5.74) is 1.65. The van der Waals surface area contributed by atoms with Crippen LogP contribution in [0.25, 0.3) is 0 Å². The van der Waals surface area contributed by atoms with Crippen LogP contribution in [-0.2, 0) is 4.74 Å². The number of hydrogen-bond acceptors (Lipinski definition) is 4. The fourth-order valence-corrected chi connectivity index (χ4v) is 2.72. The Morgan fingerprint density at radius 3 is 3.00 bits per heavy atom. The van der Waals surface area contributed by atoms with Crippen molar-refractivity contribution >= 4 is 11.7 Å². The summed E-state index contributed by atoms with van der Waals surface area (Å²) >= 11 is 0. The molecule has 1 heterocycles. The molecule has 0 aromatic heterocycles. The zero-order valence-electron chi connectivity index (χ0n) is 12.4. The number of carbonyl (C=O) groups excluding carboxylic acids is 1. The summed E-state index contributed by atoms with van der Waals surface area (Å²) in [4.78, 5) is 14.2. The lowest BCUT2D eigenvalue weighted by molar-refractivity contribution is 0.0601. The van der Waals surface area contributed by atoms with E-state index in [0.717, 1.165) is 25.3 Å². The van der Waals surface area contributed by atoms with Crippen LogP contribution in [0.5, 0.6) is 0 Å². The maximum absolute atomic E-state index is 11.9. The number of nitrogens with zero attached hydrogens (tertiary/aromatic N) is 1. The molecule has 0 amide bonds. The molecule has 20 heavy (non-hydrogen) atoms. The van der Waals surface area contributed by atoms with E-state index in [1.807, 2.05) is 24.3 Å². The van der Waals surface area contributed by atoms with Crippen LogP contribution >= 0.6 is 0 Å². The molecule has 4 heteroatoms. The molecular formula is C16H24N2O2. The molecule has 0 aliphatic carbocycles. The van der Waals surface area contributed by atoms with Crippen molar-refractivity contribution in [1.29, 1.82) is 0 Å². The van der Waals surface area contributed by atoms with Crippen LogP contribution in [0, 0.1) is 0 Å². The minimum absolute atomic E-state index is 0.260. The van der Waals surface area contributed by atoms with Crippen LogP contribution in [0.4, 0.5) is 5.69 Å². The quantitative estimate of drug-likeness (QED) is 0.839. The number of methoxy groups -OCH3 is 1. The lowest BCUT2D eigenvalue weighted by Gasteiger charge is -2.36. The predicted molar refractivity (Wildman–Crippen MR) is 81.3 cm³/mol. The maximum atomic E-state index is 11.9. The molecule has 1 N–H and O–H groups in total. The summed E-state index contributed by atoms with van der Waals surface area (Å²) in [6, 6.07) is 8.21. The minimum Gasteiger partial charge on any atom is -0.465 e. The topological polar surface area (TPSA) is 41.6 Å². The van der Waals surface area contributed by atoms with Crippen molar-refractivity contribution in [2.45, 2.75) is 32.2 Å². The van der Waals surface area contributed by atoms with Gasteiger partial charge in [-0.25, -0.2) is 4.79 Å². The molecule has 1 atom stereocenters. The SMILES string of the molecule is CCCC[C@H]1CN(c2ccccc2C(=O)OC)CCN1. The van der Waals surface area contributed by atoms with Crippen LogP contribution in [0.15, 0.2) is 24.3 Å². The summed E-state index contributed by atoms with van der Waals surface area (Å²) in [7, 11) is 1.43. The molecule has 2 rings (SSSR count). The summed E-state index contributed by atoms with van der Waals surface area (Å²) in [6.45, 7) is 5.06. The Morgan fingerprint density at radius 1 is 1.45 bits per heavy atom. The Morgan fingerprint density at radius 2 is 2.25 bits per heavy atom. The van der Waals surface area contributed by atoms with E-state index in [1.54, 1.807) is 0 Å². The Bertz CT molecular complexity index is 448. The van der Waals surface area contributed by atoms with Crippen molar-refractivity contribution in [3.05, 3.63) is 29.8 Å². The van der Waals surface area contributed by atoms with Crippen molar-refractivity contribution in [2.75, 3.05) is 31.6 Å². The van der Waals surface area contributed by atoms with E-state index in [-0.39, 0.29) is 5.97 Å². The Labute approximate surface area is 121 Å². The molecule has 0 saturated carbocycles. The Balaban J connectivity index is 2.12. The van der Waals surface area contributed by atoms with E-state index < -0.39 is 0 Å². The summed E-state index contributed by atoms with van der Waals surface area (Å²) in [5, 5.41) is 3.56. The Hall–Kier alpha value is -1.55. The molecule has 4 nitrogen and oxygen atoms in total. The molecule has 110 valence electrons. The smallest absolute Gasteiger partial charge is 0.339 e. The monoisotopic (exact) mass is 276 g/mol. The molecule has 1 aliphatic heterocycles. The van der Waals surface area contributed by atoms with Gasteiger partial charge in [-0.05, 0) is 18.6 Å². The second-order valence-electron chi connectivity index (χ2n) is 5.25. The summed E-state index contributed by atoms with van der Waals surface area (Å²) < 4.78 is 4.88. The van der Waals surface area contributed by atoms with Crippen molar-refractivity contribution in [3.63, 3.8) is 0 Å². The minimum atomic E-state index is -0.260. The van der Waals surface area contributed by atoms with Crippen molar-refractivity contribution in [1.82, 2.24) is 5.32 Å². The molecule has 1 aromatic carbocycles. The average molecular weight is 276 g/mol. The predicted octanol–water partition coefficient (Wildman–Crippen LogP) is 2.44. The molecular weight excluding hydrogens is 252 g/mol. The first-order valence-electron chi connectivity index (χ1n) is 7.42. The van der Waals surface area contributed by atoms with Gasteiger partial charge in [0, 0.05) is 25.7 Å². The summed E-state index contributed by atoms with van der Waals surface area (Å²) in [5.74, 6) is -0.260. The van der Waals surface area contributed by atoms with Gasteiger partial charge in [-0.15, -0.1) is 0 Å². The number of carbonyl (C=O) groups is 1. The van der Waals surface area contributed by atoms with Gasteiger partial charge >= 0.3 is 5.97 Å². The zero-order valence-corrected chi connectivity index (χ0v) is 12.4. The van der Waals surface area contributed by atoms with E-state index in [9.17, 15) is 4.79 Å². The third-order valence-electron chi connectivity index (χ3n) is 3.81. The number of piperazine rings is 1. The van der Waals surface area contributed by atoms with Gasteiger partial charge in [-0.3, -0.25) is 0 Å². The van der Waals surface area contributed by atoms with Gasteiger partial charge in [0.05, 0.1) is 18.4 Å². The number of rotatable bonds is 5. The van der Waals surface area contributed by atoms with Crippen LogP contribution in [0.1, 0.15) is 36.5 Å². The third kappa shape index (κ3) is 3.51. The van der Waals surface area contributed by atoms with E-state index in [0.29, 0.717) is 11.6 Å². The average Bonchev–Trinajstić information content (AvgIpc) is 2.52. The lowest BCUT2D eigenvalue weighted by Crippen LogP contribution is -2.51. The van der Waals surface area contributed by atoms with Gasteiger partial charge in [-0.2, -0.15) is 0 Å². The standard InChI is InChI=1S/C16H24N2O2/c1-3-4-7-13-12-18(11-10-17-13)15-9-6-5-8-14(15)16(19)20-2/h5-6,8-9,13,17H,3-4,7,10-12H2,1-2H3/t13-/m0/s1. The fraction of sp³-hybridized carbons (Fsp3) is 0.562. The van der Waals surface area contributed by atoms with Crippen molar-refractivity contribution < 1.29 is 9.53 Å². The van der Waals surface area contributed by atoms with E-state index in [2.05, 4.69) is 17.1 Å². The molecule has 1 saturated heterocycles. The molecule has 0 bridgehead atoms. The summed E-state index contributed by atoms with van der Waals surface area (Å²) in [6.07, 6.45) is 3.65. The highest BCUT2D eigenvalue weighted by molar-refractivity contribution is 5.95. The number of benzene rings is 1. The molecule has 1 aliphatic rings. The number of unbranched alkanes of at least 4 members (excludes halogenated alkanes) is 1. The van der Waals surface area contributed by atoms with Gasteiger partial charge in [0.15, 0.2) is 0 Å². The zero-order chi connectivity index (χ0) is 14.4. The second-order valence-corrected chi connectivity index (χ2v) is 5.25. The third-order valence-corrected chi connectivity index (χ3v) is 3.81. The Kier molecular flexibility index (Phi) is 5.41. The number of anilines is 1. The molecule has 1 fully saturated rings. The second kappa shape index (κ2) is 7.29. The molecule has 0 radical (unpaired) electrons. The van der Waals surface area contributed by atoms with Crippen LogP contribution in [0.3, 0.4) is 0 Å². The van der Waals surface area contributed by atoms with Crippen LogP contribution in [-0.4, -0.2) is 38.8 Å². The normalized spacial score (nSPS) is 18.9. The fourth-order valence-electron chi connectivity index (χ4n) is 2.72. The van der Waals surface area contributed by atoms with Crippen molar-refractivity contribution in [2.24, 2.45) is 0 Å². The van der Waals surface area contributed by atoms with Gasteiger partial charge in [-0.1, -0.05) is 31.9 Å².